The second-order valence-electron chi connectivity index (χ2n) is 12.3. The lowest BCUT2D eigenvalue weighted by molar-refractivity contribution is -0.190. The Morgan fingerprint density at radius 1 is 0.960 bits per heavy atom. The van der Waals surface area contributed by atoms with E-state index < -0.39 is 5.79 Å². The number of aliphatic hydroxyl groups excluding tert-OH is 1. The van der Waals surface area contributed by atoms with E-state index in [1.54, 1.807) is 27.7 Å². The highest BCUT2D eigenvalue weighted by atomic mass is 35.5. The summed E-state index contributed by atoms with van der Waals surface area (Å²) in [6.45, 7) is 6.55. The summed E-state index contributed by atoms with van der Waals surface area (Å²) in [5, 5.41) is 18.7. The predicted molar refractivity (Wildman–Crippen MR) is 190 cm³/mol. The van der Waals surface area contributed by atoms with Crippen LogP contribution < -0.4 is 20.2 Å². The second-order valence-corrected chi connectivity index (χ2v) is 13.1. The van der Waals surface area contributed by atoms with Gasteiger partial charge < -0.3 is 29.1 Å². The van der Waals surface area contributed by atoms with Gasteiger partial charge in [-0.1, -0.05) is 29.3 Å². The maximum Gasteiger partial charge on any atom is 0.350 e. The summed E-state index contributed by atoms with van der Waals surface area (Å²) in [5.74, 6) is 0.191. The van der Waals surface area contributed by atoms with Crippen molar-refractivity contribution in [2.24, 2.45) is 0 Å². The summed E-state index contributed by atoms with van der Waals surface area (Å²) in [6.07, 6.45) is 3.21. The third-order valence-corrected chi connectivity index (χ3v) is 9.51. The molecular formula is C35H38Cl2N8O5. The molecule has 262 valence electrons. The Morgan fingerprint density at radius 3 is 2.28 bits per heavy atom. The summed E-state index contributed by atoms with van der Waals surface area (Å²) >= 11 is 12.7. The van der Waals surface area contributed by atoms with Gasteiger partial charge in [0, 0.05) is 61.3 Å². The zero-order valence-corrected chi connectivity index (χ0v) is 29.1. The van der Waals surface area contributed by atoms with E-state index in [-0.39, 0.29) is 24.9 Å². The molecule has 2 saturated heterocycles. The molecule has 13 nitrogen and oxygen atoms in total. The monoisotopic (exact) mass is 720 g/mol. The van der Waals surface area contributed by atoms with Gasteiger partial charge in [0.05, 0.1) is 17.3 Å². The molecule has 0 saturated carbocycles. The van der Waals surface area contributed by atoms with E-state index in [9.17, 15) is 4.79 Å². The zero-order valence-electron chi connectivity index (χ0n) is 27.6. The number of hydrogen-bond donors (Lipinski definition) is 1. The molecule has 4 heterocycles. The van der Waals surface area contributed by atoms with Crippen LogP contribution >= 0.6 is 23.2 Å². The first-order chi connectivity index (χ1) is 24.3. The van der Waals surface area contributed by atoms with E-state index in [2.05, 4.69) is 49.2 Å². The van der Waals surface area contributed by atoms with Crippen molar-refractivity contribution >= 4 is 34.6 Å². The number of rotatable bonds is 12. The van der Waals surface area contributed by atoms with Gasteiger partial charge in [-0.25, -0.2) is 23.7 Å². The van der Waals surface area contributed by atoms with Crippen molar-refractivity contribution in [3.8, 4) is 11.4 Å². The normalized spacial score (nSPS) is 19.3. The van der Waals surface area contributed by atoms with Gasteiger partial charge in [0.1, 0.15) is 43.5 Å². The molecule has 0 spiro atoms. The van der Waals surface area contributed by atoms with Gasteiger partial charge in [0.25, 0.3) is 0 Å². The van der Waals surface area contributed by atoms with E-state index in [1.807, 2.05) is 37.3 Å². The number of nitrogens with zero attached hydrogens (tertiary/aromatic N) is 8. The van der Waals surface area contributed by atoms with Crippen LogP contribution in [-0.4, -0.2) is 86.3 Å². The molecule has 15 heteroatoms. The van der Waals surface area contributed by atoms with Crippen molar-refractivity contribution in [3.05, 3.63) is 111 Å². The van der Waals surface area contributed by atoms with Crippen LogP contribution in [0.25, 0.3) is 5.69 Å². The first-order valence-corrected chi connectivity index (χ1v) is 17.3. The summed E-state index contributed by atoms with van der Waals surface area (Å²) in [5.41, 5.74) is 3.48. The second kappa shape index (κ2) is 14.8. The molecule has 0 amide bonds. The maximum atomic E-state index is 12.8. The van der Waals surface area contributed by atoms with Gasteiger partial charge in [-0.15, -0.1) is 0 Å². The highest BCUT2D eigenvalue weighted by Crippen LogP contribution is 2.40. The number of piperazine rings is 1. The molecule has 2 unspecified atom stereocenters. The number of benzene rings is 3. The van der Waals surface area contributed by atoms with E-state index in [1.165, 1.54) is 11.0 Å². The van der Waals surface area contributed by atoms with E-state index in [4.69, 9.17) is 42.5 Å². The molecule has 3 aromatic carbocycles. The Morgan fingerprint density at radius 2 is 1.64 bits per heavy atom. The fraction of sp³-hybridized carbons (Fsp3) is 0.371. The lowest BCUT2D eigenvalue weighted by Crippen LogP contribution is -2.46. The Kier molecular flexibility index (Phi) is 10.1. The number of anilines is 2. The first kappa shape index (κ1) is 34.1. The van der Waals surface area contributed by atoms with Crippen LogP contribution in [0.2, 0.25) is 10.0 Å². The van der Waals surface area contributed by atoms with Crippen molar-refractivity contribution in [1.29, 1.82) is 0 Å². The third-order valence-electron chi connectivity index (χ3n) is 8.96. The Bertz CT molecular complexity index is 1940. The van der Waals surface area contributed by atoms with Crippen LogP contribution in [0.5, 0.6) is 5.75 Å². The summed E-state index contributed by atoms with van der Waals surface area (Å²) in [6, 6.07) is 21.4. The van der Waals surface area contributed by atoms with Crippen molar-refractivity contribution in [1.82, 2.24) is 29.1 Å². The minimum absolute atomic E-state index is 0.0179. The number of halogens is 2. The molecule has 1 N–H and O–H groups in total. The fourth-order valence-electron chi connectivity index (χ4n) is 6.44. The molecule has 2 aliphatic heterocycles. The maximum absolute atomic E-state index is 12.8. The average Bonchev–Trinajstić information content (AvgIpc) is 3.86. The standard InChI is InChI=1S/C35H38Cl2N8O5/c1-25-40-44(13-2-18-46)34(47)45(25)29-6-4-27(5-7-29)41-14-16-42(17-15-41)28-8-10-30(11-9-28)48-20-31-21-49-35(50-31,22-43-24-38-23-39-43)32-12-3-26(36)19-33(32)37/h3-12,19,23-24,31,46H,2,13-18,20-22H2,1H3. The number of aliphatic hydroxyl groups is 1. The largest absolute Gasteiger partial charge is 0.491 e. The van der Waals surface area contributed by atoms with Gasteiger partial charge >= 0.3 is 5.69 Å². The van der Waals surface area contributed by atoms with Crippen LogP contribution in [0.3, 0.4) is 0 Å². The van der Waals surface area contributed by atoms with E-state index >= 15 is 0 Å². The van der Waals surface area contributed by atoms with Crippen molar-refractivity contribution in [2.45, 2.75) is 38.3 Å². The first-order valence-electron chi connectivity index (χ1n) is 16.5. The third kappa shape index (κ3) is 7.23. The SMILES string of the molecule is Cc1nn(CCCO)c(=O)n1-c1ccc(N2CCN(c3ccc(OCC4COC(Cn5cncn5)(c5ccc(Cl)cc5Cl)O4)cc3)CC2)cc1. The fourth-order valence-corrected chi connectivity index (χ4v) is 6.99. The number of ether oxygens (including phenoxy) is 3. The van der Waals surface area contributed by atoms with Crippen molar-refractivity contribution < 1.29 is 19.3 Å². The smallest absolute Gasteiger partial charge is 0.350 e. The molecule has 2 fully saturated rings. The number of aromatic nitrogens is 6. The van der Waals surface area contributed by atoms with Gasteiger partial charge in [-0.3, -0.25) is 0 Å². The Labute approximate surface area is 299 Å². The molecule has 0 aliphatic carbocycles. The predicted octanol–water partition coefficient (Wildman–Crippen LogP) is 4.30. The van der Waals surface area contributed by atoms with Crippen LogP contribution in [0.15, 0.2) is 84.2 Å². The van der Waals surface area contributed by atoms with Crippen LogP contribution in [0.1, 0.15) is 17.8 Å². The van der Waals surface area contributed by atoms with Gasteiger partial charge in [0.2, 0.25) is 5.79 Å². The molecule has 5 aromatic rings. The van der Waals surface area contributed by atoms with E-state index in [0.29, 0.717) is 47.6 Å². The molecule has 7 rings (SSSR count). The zero-order chi connectivity index (χ0) is 34.7. The summed E-state index contributed by atoms with van der Waals surface area (Å²) in [7, 11) is 0. The minimum atomic E-state index is -1.17. The van der Waals surface area contributed by atoms with Crippen molar-refractivity contribution in [2.75, 3.05) is 55.8 Å². The molecule has 0 bridgehead atoms. The average molecular weight is 722 g/mol. The minimum Gasteiger partial charge on any atom is -0.491 e. The van der Waals surface area contributed by atoms with Gasteiger partial charge in [-0.2, -0.15) is 10.2 Å². The van der Waals surface area contributed by atoms with Crippen LogP contribution in [0.4, 0.5) is 11.4 Å². The molecule has 0 radical (unpaired) electrons. The van der Waals surface area contributed by atoms with E-state index in [0.717, 1.165) is 49.0 Å². The highest BCUT2D eigenvalue weighted by Gasteiger charge is 2.45. The molecular weight excluding hydrogens is 683 g/mol. The van der Waals surface area contributed by atoms with Gasteiger partial charge in [0.15, 0.2) is 0 Å². The molecule has 2 atom stereocenters. The van der Waals surface area contributed by atoms with Crippen LogP contribution in [0, 0.1) is 6.92 Å². The Balaban J connectivity index is 0.925. The van der Waals surface area contributed by atoms with Crippen LogP contribution in [-0.2, 0) is 28.4 Å². The van der Waals surface area contributed by atoms with Crippen molar-refractivity contribution in [3.63, 3.8) is 0 Å². The number of hydrogen-bond acceptors (Lipinski definition) is 10. The number of aryl methyl sites for hydroxylation is 2. The highest BCUT2D eigenvalue weighted by molar-refractivity contribution is 6.35. The Hall–Kier alpha value is -4.40. The quantitative estimate of drug-likeness (QED) is 0.200. The molecule has 50 heavy (non-hydrogen) atoms. The topological polar surface area (TPSA) is 125 Å². The lowest BCUT2D eigenvalue weighted by Gasteiger charge is -2.37. The molecule has 2 aliphatic rings. The summed E-state index contributed by atoms with van der Waals surface area (Å²) in [4.78, 5) is 21.6. The lowest BCUT2D eigenvalue weighted by atomic mass is 10.1. The van der Waals surface area contributed by atoms with Gasteiger partial charge in [-0.05, 0) is 74.0 Å². The summed E-state index contributed by atoms with van der Waals surface area (Å²) < 4.78 is 23.5. The molecule has 2 aromatic heterocycles.